The SMILES string of the molecule is CC(CC(C)(C)O)n1cc(S(=O)(=O)Nc2ccc(Cl)c3c(C#N)c[nH]c23)cn1. The van der Waals surface area contributed by atoms with Crippen LogP contribution >= 0.6 is 11.6 Å². The van der Waals surface area contributed by atoms with Crippen molar-refractivity contribution in [3.05, 3.63) is 41.3 Å². The molecule has 148 valence electrons. The van der Waals surface area contributed by atoms with Gasteiger partial charge < -0.3 is 10.1 Å². The van der Waals surface area contributed by atoms with Crippen LogP contribution in [0.4, 0.5) is 5.69 Å². The lowest BCUT2D eigenvalue weighted by atomic mass is 10.0. The summed E-state index contributed by atoms with van der Waals surface area (Å²) in [5.74, 6) is 0. The predicted octanol–water partition coefficient (Wildman–Crippen LogP) is 3.41. The Morgan fingerprint density at radius 1 is 1.46 bits per heavy atom. The first-order valence-corrected chi connectivity index (χ1v) is 10.4. The molecule has 8 nitrogen and oxygen atoms in total. The maximum Gasteiger partial charge on any atom is 0.265 e. The van der Waals surface area contributed by atoms with Gasteiger partial charge in [0, 0.05) is 17.8 Å². The summed E-state index contributed by atoms with van der Waals surface area (Å²) in [6, 6.07) is 4.89. The van der Waals surface area contributed by atoms with Crippen molar-refractivity contribution in [1.82, 2.24) is 14.8 Å². The summed E-state index contributed by atoms with van der Waals surface area (Å²) >= 11 is 6.15. The number of aliphatic hydroxyl groups is 1. The first-order chi connectivity index (χ1) is 13.0. The summed E-state index contributed by atoms with van der Waals surface area (Å²) in [5, 5.41) is 24.1. The minimum Gasteiger partial charge on any atom is -0.390 e. The normalized spacial score (nSPS) is 13.4. The highest BCUT2D eigenvalue weighted by atomic mass is 35.5. The van der Waals surface area contributed by atoms with Crippen LogP contribution in [0.15, 0.2) is 35.6 Å². The van der Waals surface area contributed by atoms with Crippen LogP contribution < -0.4 is 4.72 Å². The highest BCUT2D eigenvalue weighted by Crippen LogP contribution is 2.33. The number of halogens is 1. The van der Waals surface area contributed by atoms with Crippen LogP contribution in [-0.2, 0) is 10.0 Å². The quantitative estimate of drug-likeness (QED) is 0.562. The minimum absolute atomic E-state index is 0.00902. The molecule has 3 rings (SSSR count). The molecule has 0 amide bonds. The lowest BCUT2D eigenvalue weighted by molar-refractivity contribution is 0.0552. The zero-order valence-electron chi connectivity index (χ0n) is 15.6. The molecular weight excluding hydrogens is 402 g/mol. The Labute approximate surface area is 167 Å². The van der Waals surface area contributed by atoms with E-state index in [9.17, 15) is 18.8 Å². The van der Waals surface area contributed by atoms with Crippen molar-refractivity contribution < 1.29 is 13.5 Å². The molecule has 3 N–H and O–H groups in total. The first-order valence-electron chi connectivity index (χ1n) is 8.51. The van der Waals surface area contributed by atoms with Gasteiger partial charge in [-0.1, -0.05) is 11.6 Å². The molecule has 1 unspecified atom stereocenters. The van der Waals surface area contributed by atoms with Gasteiger partial charge in [-0.25, -0.2) is 8.42 Å². The van der Waals surface area contributed by atoms with E-state index in [4.69, 9.17) is 11.6 Å². The number of hydrogen-bond donors (Lipinski definition) is 3. The van der Waals surface area contributed by atoms with Crippen molar-refractivity contribution in [2.24, 2.45) is 0 Å². The standard InChI is InChI=1S/C18H20ClN5O3S/c1-11(6-18(2,3)25)24-10-13(9-22-24)28(26,27)23-15-5-4-14(19)16-12(7-20)8-21-17(15)16/h4-5,8-11,21,23,25H,6H2,1-3H3. The summed E-state index contributed by atoms with van der Waals surface area (Å²) in [6.07, 6.45) is 4.57. The van der Waals surface area contributed by atoms with E-state index < -0.39 is 15.6 Å². The van der Waals surface area contributed by atoms with Gasteiger partial charge in [0.1, 0.15) is 11.0 Å². The highest BCUT2D eigenvalue weighted by molar-refractivity contribution is 7.92. The lowest BCUT2D eigenvalue weighted by Gasteiger charge is -2.22. The number of nitrogens with zero attached hydrogens (tertiary/aromatic N) is 3. The van der Waals surface area contributed by atoms with E-state index in [1.165, 1.54) is 35.4 Å². The second kappa shape index (κ2) is 7.13. The molecule has 3 aromatic rings. The van der Waals surface area contributed by atoms with Crippen LogP contribution in [0.3, 0.4) is 0 Å². The van der Waals surface area contributed by atoms with Crippen molar-refractivity contribution in [1.29, 1.82) is 5.26 Å². The molecule has 2 aromatic heterocycles. The van der Waals surface area contributed by atoms with Gasteiger partial charge in [-0.3, -0.25) is 9.40 Å². The van der Waals surface area contributed by atoms with Crippen LogP contribution in [-0.4, -0.2) is 33.9 Å². The minimum atomic E-state index is -3.91. The zero-order chi connectivity index (χ0) is 20.7. The number of sulfonamides is 1. The third-order valence-electron chi connectivity index (χ3n) is 4.28. The fourth-order valence-corrected chi connectivity index (χ4v) is 4.37. The third kappa shape index (κ3) is 3.99. The van der Waals surface area contributed by atoms with Gasteiger partial charge in [0.2, 0.25) is 0 Å². The van der Waals surface area contributed by atoms with Crippen molar-refractivity contribution in [3.8, 4) is 6.07 Å². The molecule has 28 heavy (non-hydrogen) atoms. The van der Waals surface area contributed by atoms with E-state index in [1.54, 1.807) is 13.8 Å². The van der Waals surface area contributed by atoms with Crippen molar-refractivity contribution >= 4 is 38.2 Å². The van der Waals surface area contributed by atoms with E-state index in [1.807, 2.05) is 13.0 Å². The number of aromatic nitrogens is 3. The van der Waals surface area contributed by atoms with Crippen LogP contribution in [0.2, 0.25) is 5.02 Å². The number of anilines is 1. The molecular formula is C18H20ClN5O3S. The smallest absolute Gasteiger partial charge is 0.265 e. The van der Waals surface area contributed by atoms with Gasteiger partial charge in [-0.15, -0.1) is 0 Å². The number of H-pyrrole nitrogens is 1. The van der Waals surface area contributed by atoms with E-state index >= 15 is 0 Å². The molecule has 0 saturated heterocycles. The summed E-state index contributed by atoms with van der Waals surface area (Å²) in [5.41, 5.74) is 0.131. The topological polar surface area (TPSA) is 124 Å². The lowest BCUT2D eigenvalue weighted by Crippen LogP contribution is -2.24. The summed E-state index contributed by atoms with van der Waals surface area (Å²) in [6.45, 7) is 5.22. The summed E-state index contributed by atoms with van der Waals surface area (Å²) in [7, 11) is -3.91. The average Bonchev–Trinajstić information content (AvgIpc) is 3.23. The molecule has 0 bridgehead atoms. The van der Waals surface area contributed by atoms with Crippen LogP contribution in [0.25, 0.3) is 10.9 Å². The molecule has 0 aliphatic heterocycles. The number of fused-ring (bicyclic) bond motifs is 1. The Balaban J connectivity index is 1.92. The Morgan fingerprint density at radius 3 is 2.82 bits per heavy atom. The second-order valence-electron chi connectivity index (χ2n) is 7.29. The molecule has 2 heterocycles. The maximum absolute atomic E-state index is 12.8. The van der Waals surface area contributed by atoms with Gasteiger partial charge in [0.25, 0.3) is 10.0 Å². The Bertz CT molecular complexity index is 1170. The molecule has 10 heteroatoms. The number of hydrogen-bond acceptors (Lipinski definition) is 5. The number of aromatic amines is 1. The maximum atomic E-state index is 12.8. The van der Waals surface area contributed by atoms with Gasteiger partial charge in [-0.05, 0) is 39.3 Å². The molecule has 1 atom stereocenters. The van der Waals surface area contributed by atoms with Crippen LogP contribution in [0.5, 0.6) is 0 Å². The predicted molar refractivity (Wildman–Crippen MR) is 107 cm³/mol. The van der Waals surface area contributed by atoms with Gasteiger partial charge in [-0.2, -0.15) is 10.4 Å². The van der Waals surface area contributed by atoms with Crippen LogP contribution in [0.1, 0.15) is 38.8 Å². The van der Waals surface area contributed by atoms with E-state index in [2.05, 4.69) is 14.8 Å². The third-order valence-corrected chi connectivity index (χ3v) is 5.92. The number of nitriles is 1. The van der Waals surface area contributed by atoms with Crippen molar-refractivity contribution in [2.75, 3.05) is 4.72 Å². The largest absolute Gasteiger partial charge is 0.390 e. The Morgan fingerprint density at radius 2 is 2.18 bits per heavy atom. The molecule has 0 radical (unpaired) electrons. The summed E-state index contributed by atoms with van der Waals surface area (Å²) < 4.78 is 29.6. The van der Waals surface area contributed by atoms with Crippen LogP contribution in [0, 0.1) is 11.3 Å². The summed E-state index contributed by atoms with van der Waals surface area (Å²) in [4.78, 5) is 2.88. The first kappa shape index (κ1) is 20.2. The second-order valence-corrected chi connectivity index (χ2v) is 9.38. The van der Waals surface area contributed by atoms with Gasteiger partial charge in [0.15, 0.2) is 0 Å². The number of rotatable bonds is 6. The van der Waals surface area contributed by atoms with E-state index in [-0.39, 0.29) is 16.6 Å². The molecule has 0 spiro atoms. The molecule has 1 aromatic carbocycles. The number of benzene rings is 1. The number of nitrogens with one attached hydrogen (secondary N) is 2. The van der Waals surface area contributed by atoms with Gasteiger partial charge >= 0.3 is 0 Å². The highest BCUT2D eigenvalue weighted by Gasteiger charge is 2.23. The van der Waals surface area contributed by atoms with Crippen molar-refractivity contribution in [2.45, 2.75) is 43.7 Å². The molecule has 0 aliphatic rings. The molecule has 0 saturated carbocycles. The van der Waals surface area contributed by atoms with Gasteiger partial charge in [0.05, 0.1) is 39.6 Å². The Kier molecular flexibility index (Phi) is 5.14. The fourth-order valence-electron chi connectivity index (χ4n) is 3.10. The van der Waals surface area contributed by atoms with E-state index in [0.717, 1.165) is 0 Å². The average molecular weight is 422 g/mol. The Hall–Kier alpha value is -2.54. The monoisotopic (exact) mass is 421 g/mol. The molecule has 0 fully saturated rings. The van der Waals surface area contributed by atoms with E-state index in [0.29, 0.717) is 27.9 Å². The van der Waals surface area contributed by atoms with Crippen molar-refractivity contribution in [3.63, 3.8) is 0 Å². The zero-order valence-corrected chi connectivity index (χ0v) is 17.1. The molecule has 0 aliphatic carbocycles. The fraction of sp³-hybridized carbons (Fsp3) is 0.333.